The van der Waals surface area contributed by atoms with Crippen molar-refractivity contribution in [1.29, 1.82) is 0 Å². The molecule has 1 amide bonds. The summed E-state index contributed by atoms with van der Waals surface area (Å²) in [5.74, 6) is 0.293. The summed E-state index contributed by atoms with van der Waals surface area (Å²) in [7, 11) is 0. The van der Waals surface area contributed by atoms with Gasteiger partial charge in [-0.15, -0.1) is 5.10 Å². The SMILES string of the molecule is Cc1ccc(CC(=O)Nc2nnc(-c3ccno3)o2)c(C)c1. The second-order valence-corrected chi connectivity index (χ2v) is 4.94. The van der Waals surface area contributed by atoms with Gasteiger partial charge >= 0.3 is 6.01 Å². The lowest BCUT2D eigenvalue weighted by atomic mass is 10.0. The maximum Gasteiger partial charge on any atom is 0.322 e. The normalized spacial score (nSPS) is 10.6. The molecule has 0 aliphatic heterocycles. The molecule has 3 rings (SSSR count). The summed E-state index contributed by atoms with van der Waals surface area (Å²) in [5, 5.41) is 13.7. The van der Waals surface area contributed by atoms with Gasteiger partial charge in [-0.05, 0) is 25.0 Å². The van der Waals surface area contributed by atoms with Crippen molar-refractivity contribution in [2.45, 2.75) is 20.3 Å². The Morgan fingerprint density at radius 2 is 2.09 bits per heavy atom. The van der Waals surface area contributed by atoms with Crippen LogP contribution in [0, 0.1) is 13.8 Å². The molecule has 0 saturated carbocycles. The van der Waals surface area contributed by atoms with Crippen LogP contribution in [0.1, 0.15) is 16.7 Å². The van der Waals surface area contributed by atoms with E-state index in [1.807, 2.05) is 32.0 Å². The largest absolute Gasteiger partial charge is 0.400 e. The Morgan fingerprint density at radius 3 is 2.82 bits per heavy atom. The lowest BCUT2D eigenvalue weighted by Gasteiger charge is -2.06. The van der Waals surface area contributed by atoms with Crippen molar-refractivity contribution >= 4 is 11.9 Å². The smallest absolute Gasteiger partial charge is 0.322 e. The first-order valence-corrected chi connectivity index (χ1v) is 6.72. The van der Waals surface area contributed by atoms with E-state index in [2.05, 4.69) is 20.7 Å². The van der Waals surface area contributed by atoms with E-state index < -0.39 is 0 Å². The zero-order valence-corrected chi connectivity index (χ0v) is 12.2. The third-order valence-electron chi connectivity index (χ3n) is 3.17. The van der Waals surface area contributed by atoms with Gasteiger partial charge in [-0.25, -0.2) is 0 Å². The fourth-order valence-electron chi connectivity index (χ4n) is 2.08. The fraction of sp³-hybridized carbons (Fsp3) is 0.200. The molecule has 0 fully saturated rings. The maximum atomic E-state index is 12.0. The average Bonchev–Trinajstić information content (AvgIpc) is 3.12. The van der Waals surface area contributed by atoms with Crippen LogP contribution in [0.4, 0.5) is 6.01 Å². The summed E-state index contributed by atoms with van der Waals surface area (Å²) in [6.07, 6.45) is 1.71. The van der Waals surface area contributed by atoms with E-state index in [0.717, 1.165) is 16.7 Å². The zero-order valence-electron chi connectivity index (χ0n) is 12.2. The number of carbonyl (C=O) groups excluding carboxylic acids is 1. The highest BCUT2D eigenvalue weighted by atomic mass is 16.5. The van der Waals surface area contributed by atoms with E-state index in [-0.39, 0.29) is 24.2 Å². The molecule has 1 N–H and O–H groups in total. The molecule has 0 aliphatic carbocycles. The number of aryl methyl sites for hydroxylation is 2. The minimum atomic E-state index is -0.222. The second-order valence-electron chi connectivity index (χ2n) is 4.94. The van der Waals surface area contributed by atoms with Gasteiger partial charge in [0.1, 0.15) is 0 Å². The quantitative estimate of drug-likeness (QED) is 0.795. The van der Waals surface area contributed by atoms with Crippen LogP contribution >= 0.6 is 0 Å². The van der Waals surface area contributed by atoms with Crippen LogP contribution in [-0.4, -0.2) is 21.3 Å². The fourth-order valence-corrected chi connectivity index (χ4v) is 2.08. The summed E-state index contributed by atoms with van der Waals surface area (Å²) in [6, 6.07) is 7.58. The van der Waals surface area contributed by atoms with Gasteiger partial charge in [0.15, 0.2) is 0 Å². The van der Waals surface area contributed by atoms with E-state index in [4.69, 9.17) is 8.94 Å². The first-order chi connectivity index (χ1) is 10.6. The molecule has 0 aliphatic rings. The molecule has 1 aromatic carbocycles. The number of nitrogens with one attached hydrogen (secondary N) is 1. The highest BCUT2D eigenvalue weighted by molar-refractivity contribution is 5.90. The van der Waals surface area contributed by atoms with Gasteiger partial charge in [0, 0.05) is 6.07 Å². The van der Waals surface area contributed by atoms with E-state index in [1.165, 1.54) is 6.20 Å². The highest BCUT2D eigenvalue weighted by Crippen LogP contribution is 2.19. The minimum Gasteiger partial charge on any atom is -0.400 e. The second kappa shape index (κ2) is 5.80. The topological polar surface area (TPSA) is 94.1 Å². The molecule has 22 heavy (non-hydrogen) atoms. The molecule has 0 atom stereocenters. The van der Waals surface area contributed by atoms with Crippen LogP contribution in [0.5, 0.6) is 0 Å². The number of amides is 1. The molecule has 0 saturated heterocycles. The average molecular weight is 298 g/mol. The van der Waals surface area contributed by atoms with Gasteiger partial charge in [0.2, 0.25) is 11.7 Å². The number of aromatic nitrogens is 3. The molecule has 0 radical (unpaired) electrons. The van der Waals surface area contributed by atoms with Gasteiger partial charge in [0.25, 0.3) is 5.89 Å². The predicted octanol–water partition coefficient (Wildman–Crippen LogP) is 2.52. The number of rotatable bonds is 4. The molecule has 2 heterocycles. The van der Waals surface area contributed by atoms with Crippen molar-refractivity contribution in [2.24, 2.45) is 0 Å². The molecule has 0 spiro atoms. The van der Waals surface area contributed by atoms with Gasteiger partial charge in [-0.1, -0.05) is 34.0 Å². The third kappa shape index (κ3) is 3.03. The summed E-state index contributed by atoms with van der Waals surface area (Å²) < 4.78 is 10.2. The zero-order chi connectivity index (χ0) is 15.5. The molecule has 7 nitrogen and oxygen atoms in total. The first kappa shape index (κ1) is 14.0. The molecular weight excluding hydrogens is 284 g/mol. The number of nitrogens with zero attached hydrogens (tertiary/aromatic N) is 3. The van der Waals surface area contributed by atoms with Crippen LogP contribution in [0.25, 0.3) is 11.7 Å². The van der Waals surface area contributed by atoms with Crippen molar-refractivity contribution < 1.29 is 13.7 Å². The maximum absolute atomic E-state index is 12.0. The number of hydrogen-bond acceptors (Lipinski definition) is 6. The molecule has 2 aromatic heterocycles. The number of benzene rings is 1. The van der Waals surface area contributed by atoms with Crippen LogP contribution < -0.4 is 5.32 Å². The Labute approximate surface area is 126 Å². The Kier molecular flexibility index (Phi) is 3.69. The highest BCUT2D eigenvalue weighted by Gasteiger charge is 2.14. The lowest BCUT2D eigenvalue weighted by molar-refractivity contribution is -0.115. The van der Waals surface area contributed by atoms with Gasteiger partial charge in [-0.2, -0.15) is 0 Å². The van der Waals surface area contributed by atoms with Gasteiger partial charge < -0.3 is 8.94 Å². The lowest BCUT2D eigenvalue weighted by Crippen LogP contribution is -2.15. The van der Waals surface area contributed by atoms with Crippen LogP contribution in [0.2, 0.25) is 0 Å². The van der Waals surface area contributed by atoms with Crippen molar-refractivity contribution in [3.05, 3.63) is 47.2 Å². The number of carbonyl (C=O) groups is 1. The predicted molar refractivity (Wildman–Crippen MR) is 78.0 cm³/mol. The third-order valence-corrected chi connectivity index (χ3v) is 3.17. The molecule has 3 aromatic rings. The van der Waals surface area contributed by atoms with Crippen molar-refractivity contribution in [3.8, 4) is 11.7 Å². The summed E-state index contributed by atoms with van der Waals surface area (Å²) in [4.78, 5) is 12.0. The molecule has 0 unspecified atom stereocenters. The van der Waals surface area contributed by atoms with Crippen LogP contribution in [0.3, 0.4) is 0 Å². The van der Waals surface area contributed by atoms with E-state index in [1.54, 1.807) is 6.07 Å². The van der Waals surface area contributed by atoms with Crippen molar-refractivity contribution in [3.63, 3.8) is 0 Å². The van der Waals surface area contributed by atoms with Crippen LogP contribution in [-0.2, 0) is 11.2 Å². The Bertz CT molecular complexity index is 793. The Balaban J connectivity index is 1.67. The summed E-state index contributed by atoms with van der Waals surface area (Å²) in [5.41, 5.74) is 3.19. The summed E-state index contributed by atoms with van der Waals surface area (Å²) >= 11 is 0. The molecule has 7 heteroatoms. The van der Waals surface area contributed by atoms with E-state index >= 15 is 0 Å². The molecular formula is C15H14N4O3. The van der Waals surface area contributed by atoms with Gasteiger partial charge in [-0.3, -0.25) is 10.1 Å². The van der Waals surface area contributed by atoms with Crippen molar-refractivity contribution in [1.82, 2.24) is 15.4 Å². The number of hydrogen-bond donors (Lipinski definition) is 1. The van der Waals surface area contributed by atoms with E-state index in [0.29, 0.717) is 5.76 Å². The standard InChI is InChI=1S/C15H14N4O3/c1-9-3-4-11(10(2)7-9)8-13(20)17-15-19-18-14(21-15)12-5-6-16-22-12/h3-7H,8H2,1-2H3,(H,17,19,20). The number of anilines is 1. The molecule has 0 bridgehead atoms. The minimum absolute atomic E-state index is 0.0289. The van der Waals surface area contributed by atoms with Crippen LogP contribution in [0.15, 0.2) is 39.4 Å². The Morgan fingerprint density at radius 1 is 1.23 bits per heavy atom. The molecule has 112 valence electrons. The Hall–Kier alpha value is -2.96. The first-order valence-electron chi connectivity index (χ1n) is 6.72. The van der Waals surface area contributed by atoms with Gasteiger partial charge in [0.05, 0.1) is 12.6 Å². The van der Waals surface area contributed by atoms with E-state index in [9.17, 15) is 4.79 Å². The van der Waals surface area contributed by atoms with Crippen molar-refractivity contribution in [2.75, 3.05) is 5.32 Å². The summed E-state index contributed by atoms with van der Waals surface area (Å²) in [6.45, 7) is 3.99. The monoisotopic (exact) mass is 298 g/mol.